The quantitative estimate of drug-likeness (QED) is 0.809. The lowest BCUT2D eigenvalue weighted by Gasteiger charge is -2.31. The van der Waals surface area contributed by atoms with Crippen LogP contribution in [0.1, 0.15) is 17.2 Å². The molecule has 1 N–H and O–H groups in total. The minimum absolute atomic E-state index is 0.233. The lowest BCUT2D eigenvalue weighted by molar-refractivity contribution is 0.0345. The number of morpholine rings is 1. The third-order valence-electron chi connectivity index (χ3n) is 4.14. The van der Waals surface area contributed by atoms with Gasteiger partial charge in [0.05, 0.1) is 23.6 Å². The van der Waals surface area contributed by atoms with E-state index in [9.17, 15) is 8.42 Å². The van der Waals surface area contributed by atoms with Crippen LogP contribution in [0.2, 0.25) is 4.34 Å². The average Bonchev–Trinajstić information content (AvgIpc) is 3.03. The number of nitrogens with one attached hydrogen (secondary N) is 1. The van der Waals surface area contributed by atoms with Crippen LogP contribution in [0.3, 0.4) is 0 Å². The van der Waals surface area contributed by atoms with Gasteiger partial charge in [0, 0.05) is 19.6 Å². The minimum atomic E-state index is -3.62. The van der Waals surface area contributed by atoms with Crippen molar-refractivity contribution in [3.8, 4) is 0 Å². The predicted molar refractivity (Wildman–Crippen MR) is 101 cm³/mol. The molecule has 0 radical (unpaired) electrons. The molecule has 1 fully saturated rings. The second kappa shape index (κ2) is 8.16. The molecular formula is C17H21ClN2O3S2. The third kappa shape index (κ3) is 5.03. The second-order valence-electron chi connectivity index (χ2n) is 6.06. The van der Waals surface area contributed by atoms with E-state index < -0.39 is 10.0 Å². The van der Waals surface area contributed by atoms with Crippen molar-refractivity contribution in [2.24, 2.45) is 0 Å². The van der Waals surface area contributed by atoms with Crippen LogP contribution < -0.4 is 4.72 Å². The Hall–Kier alpha value is -0.960. The monoisotopic (exact) mass is 400 g/mol. The highest BCUT2D eigenvalue weighted by molar-refractivity contribution is 7.91. The van der Waals surface area contributed by atoms with Crippen molar-refractivity contribution >= 4 is 33.0 Å². The molecule has 2 heterocycles. The van der Waals surface area contributed by atoms with Gasteiger partial charge in [-0.3, -0.25) is 4.90 Å². The van der Waals surface area contributed by atoms with E-state index in [1.54, 1.807) is 6.07 Å². The van der Waals surface area contributed by atoms with E-state index in [0.717, 1.165) is 35.6 Å². The van der Waals surface area contributed by atoms with Crippen molar-refractivity contribution in [2.45, 2.75) is 17.2 Å². The summed E-state index contributed by atoms with van der Waals surface area (Å²) < 4.78 is 34.4. The summed E-state index contributed by atoms with van der Waals surface area (Å²) >= 11 is 6.96. The molecule has 0 unspecified atom stereocenters. The van der Waals surface area contributed by atoms with Gasteiger partial charge >= 0.3 is 0 Å². The van der Waals surface area contributed by atoms with E-state index in [1.807, 2.05) is 31.2 Å². The largest absolute Gasteiger partial charge is 0.379 e. The van der Waals surface area contributed by atoms with Crippen LogP contribution in [-0.2, 0) is 14.8 Å². The van der Waals surface area contributed by atoms with Crippen LogP contribution in [0.25, 0.3) is 0 Å². The van der Waals surface area contributed by atoms with Gasteiger partial charge in [-0.1, -0.05) is 41.4 Å². The van der Waals surface area contributed by atoms with Crippen molar-refractivity contribution in [2.75, 3.05) is 32.8 Å². The molecule has 1 aromatic carbocycles. The molecule has 0 bridgehead atoms. The fraction of sp³-hybridized carbons (Fsp3) is 0.412. The standard InChI is InChI=1S/C17H21ClN2O3S2/c1-13-2-4-14(5-3-13)15(12-20-8-10-23-11-9-20)19-25(21,22)17-7-6-16(18)24-17/h2-7,15,19H,8-12H2,1H3/t15-/m1/s1. The maximum absolute atomic E-state index is 12.7. The van der Waals surface area contributed by atoms with Crippen LogP contribution in [-0.4, -0.2) is 46.2 Å². The fourth-order valence-corrected chi connectivity index (χ4v) is 5.45. The lowest BCUT2D eigenvalue weighted by atomic mass is 10.1. The van der Waals surface area contributed by atoms with E-state index in [1.165, 1.54) is 6.07 Å². The van der Waals surface area contributed by atoms with Crippen molar-refractivity contribution in [3.63, 3.8) is 0 Å². The molecule has 0 aliphatic carbocycles. The Morgan fingerprint density at radius 2 is 1.88 bits per heavy atom. The number of halogens is 1. The number of hydrogen-bond donors (Lipinski definition) is 1. The molecule has 0 amide bonds. The average molecular weight is 401 g/mol. The molecule has 3 rings (SSSR count). The Morgan fingerprint density at radius 1 is 1.20 bits per heavy atom. The summed E-state index contributed by atoms with van der Waals surface area (Å²) in [5.41, 5.74) is 2.09. The Bertz CT molecular complexity index is 800. The van der Waals surface area contributed by atoms with Gasteiger partial charge in [0.15, 0.2) is 0 Å². The van der Waals surface area contributed by atoms with Crippen LogP contribution in [0.5, 0.6) is 0 Å². The number of rotatable bonds is 6. The molecule has 0 spiro atoms. The summed E-state index contributed by atoms with van der Waals surface area (Å²) in [5.74, 6) is 0. The highest BCUT2D eigenvalue weighted by Crippen LogP contribution is 2.27. The molecule has 1 atom stereocenters. The lowest BCUT2D eigenvalue weighted by Crippen LogP contribution is -2.43. The Labute approximate surface area is 157 Å². The molecule has 1 aliphatic rings. The number of aryl methyl sites for hydroxylation is 1. The van der Waals surface area contributed by atoms with Gasteiger partial charge in [-0.2, -0.15) is 0 Å². The molecular weight excluding hydrogens is 380 g/mol. The van der Waals surface area contributed by atoms with Crippen LogP contribution >= 0.6 is 22.9 Å². The van der Waals surface area contributed by atoms with Gasteiger partial charge in [0.25, 0.3) is 10.0 Å². The Balaban J connectivity index is 1.83. The summed E-state index contributed by atoms with van der Waals surface area (Å²) in [4.78, 5) is 2.22. The first-order valence-corrected chi connectivity index (χ1v) is 10.8. The first kappa shape index (κ1) is 18.8. The zero-order valence-electron chi connectivity index (χ0n) is 13.9. The van der Waals surface area contributed by atoms with E-state index in [4.69, 9.17) is 16.3 Å². The van der Waals surface area contributed by atoms with E-state index >= 15 is 0 Å². The van der Waals surface area contributed by atoms with Crippen LogP contribution in [0.4, 0.5) is 0 Å². The molecule has 8 heteroatoms. The molecule has 2 aromatic rings. The fourth-order valence-electron chi connectivity index (χ4n) is 2.74. The molecule has 1 saturated heterocycles. The maximum Gasteiger partial charge on any atom is 0.250 e. The van der Waals surface area contributed by atoms with Gasteiger partial charge in [0.2, 0.25) is 0 Å². The van der Waals surface area contributed by atoms with E-state index in [2.05, 4.69) is 9.62 Å². The predicted octanol–water partition coefficient (Wildman–Crippen LogP) is 3.06. The first-order chi connectivity index (χ1) is 11.9. The second-order valence-corrected chi connectivity index (χ2v) is 9.71. The van der Waals surface area contributed by atoms with Gasteiger partial charge < -0.3 is 4.74 Å². The number of sulfonamides is 1. The highest BCUT2D eigenvalue weighted by Gasteiger charge is 2.25. The smallest absolute Gasteiger partial charge is 0.250 e. The van der Waals surface area contributed by atoms with Crippen molar-refractivity contribution < 1.29 is 13.2 Å². The molecule has 25 heavy (non-hydrogen) atoms. The summed E-state index contributed by atoms with van der Waals surface area (Å²) in [6, 6.07) is 10.8. The van der Waals surface area contributed by atoms with Crippen LogP contribution in [0, 0.1) is 6.92 Å². The first-order valence-electron chi connectivity index (χ1n) is 8.08. The van der Waals surface area contributed by atoms with Gasteiger partial charge in [-0.05, 0) is 24.6 Å². The van der Waals surface area contributed by atoms with Crippen molar-refractivity contribution in [3.05, 3.63) is 51.9 Å². The van der Waals surface area contributed by atoms with Gasteiger partial charge in [0.1, 0.15) is 4.21 Å². The third-order valence-corrected chi connectivity index (χ3v) is 7.33. The maximum atomic E-state index is 12.7. The number of hydrogen-bond acceptors (Lipinski definition) is 5. The van der Waals surface area contributed by atoms with Crippen molar-refractivity contribution in [1.29, 1.82) is 0 Å². The number of benzene rings is 1. The van der Waals surface area contributed by atoms with Gasteiger partial charge in [-0.25, -0.2) is 13.1 Å². The highest BCUT2D eigenvalue weighted by atomic mass is 35.5. The van der Waals surface area contributed by atoms with Crippen LogP contribution in [0.15, 0.2) is 40.6 Å². The summed E-state index contributed by atoms with van der Waals surface area (Å²) in [6.45, 7) is 5.56. The zero-order valence-corrected chi connectivity index (χ0v) is 16.3. The van der Waals surface area contributed by atoms with Crippen molar-refractivity contribution in [1.82, 2.24) is 9.62 Å². The molecule has 136 valence electrons. The molecule has 5 nitrogen and oxygen atoms in total. The topological polar surface area (TPSA) is 58.6 Å². The minimum Gasteiger partial charge on any atom is -0.379 e. The molecule has 0 saturated carbocycles. The Morgan fingerprint density at radius 3 is 2.48 bits per heavy atom. The SMILES string of the molecule is Cc1ccc([C@@H](CN2CCOCC2)NS(=O)(=O)c2ccc(Cl)s2)cc1. The normalized spacial score (nSPS) is 17.5. The summed E-state index contributed by atoms with van der Waals surface area (Å²) in [5, 5.41) is 0. The summed E-state index contributed by atoms with van der Waals surface area (Å²) in [6.07, 6.45) is 0. The number of nitrogens with zero attached hydrogens (tertiary/aromatic N) is 1. The number of thiophene rings is 1. The van der Waals surface area contributed by atoms with Gasteiger partial charge in [-0.15, -0.1) is 11.3 Å². The number of ether oxygens (including phenoxy) is 1. The molecule has 1 aliphatic heterocycles. The Kier molecular flexibility index (Phi) is 6.14. The van der Waals surface area contributed by atoms with E-state index in [0.29, 0.717) is 24.1 Å². The summed E-state index contributed by atoms with van der Waals surface area (Å²) in [7, 11) is -3.62. The molecule has 1 aromatic heterocycles. The zero-order chi connectivity index (χ0) is 17.9. The van der Waals surface area contributed by atoms with E-state index in [-0.39, 0.29) is 10.3 Å².